The van der Waals surface area contributed by atoms with Gasteiger partial charge in [-0.1, -0.05) is 66.5 Å². The van der Waals surface area contributed by atoms with Gasteiger partial charge in [-0.25, -0.2) is 9.78 Å². The molecule has 6 nitrogen and oxygen atoms in total. The third-order valence-corrected chi connectivity index (χ3v) is 6.81. The standard InChI is InChI=1S/C31H26Cl2N4O2/c1-2-4-29-36-28-16-15-26(35-31(39)34-25-13-11-23(32)12-14-25)18-27(28)30(38)37(29)19-20-7-9-21(10-8-20)22-5-3-6-24(33)17-22/h3,5-18H,2,4,19H2,1H3,(H2,34,35,39). The molecule has 5 rings (SSSR count). The fourth-order valence-electron chi connectivity index (χ4n) is 4.40. The van der Waals surface area contributed by atoms with E-state index in [1.807, 2.05) is 48.5 Å². The first kappa shape index (κ1) is 26.5. The molecule has 0 bridgehead atoms. The van der Waals surface area contributed by atoms with Crippen LogP contribution in [0.4, 0.5) is 16.2 Å². The maximum atomic E-state index is 13.7. The molecule has 39 heavy (non-hydrogen) atoms. The molecule has 0 aliphatic heterocycles. The van der Waals surface area contributed by atoms with Gasteiger partial charge in [0.25, 0.3) is 5.56 Å². The molecule has 0 saturated carbocycles. The lowest BCUT2D eigenvalue weighted by Gasteiger charge is -2.15. The Morgan fingerprint density at radius 3 is 2.26 bits per heavy atom. The summed E-state index contributed by atoms with van der Waals surface area (Å²) in [7, 11) is 0. The number of nitrogens with one attached hydrogen (secondary N) is 2. The number of carbonyl (C=O) groups is 1. The number of fused-ring (bicyclic) bond motifs is 1. The van der Waals surface area contributed by atoms with E-state index in [9.17, 15) is 9.59 Å². The van der Waals surface area contributed by atoms with Crippen molar-refractivity contribution in [3.63, 3.8) is 0 Å². The predicted molar refractivity (Wildman–Crippen MR) is 160 cm³/mol. The van der Waals surface area contributed by atoms with Gasteiger partial charge in [-0.2, -0.15) is 0 Å². The first-order valence-electron chi connectivity index (χ1n) is 12.6. The van der Waals surface area contributed by atoms with Gasteiger partial charge in [-0.15, -0.1) is 0 Å². The number of halogens is 2. The molecule has 8 heteroatoms. The zero-order chi connectivity index (χ0) is 27.4. The van der Waals surface area contributed by atoms with Crippen molar-refractivity contribution in [1.82, 2.24) is 9.55 Å². The summed E-state index contributed by atoms with van der Waals surface area (Å²) in [5.41, 5.74) is 4.61. The van der Waals surface area contributed by atoms with Gasteiger partial charge in [0, 0.05) is 27.8 Å². The van der Waals surface area contributed by atoms with Gasteiger partial charge in [0.15, 0.2) is 0 Å². The molecule has 0 aliphatic carbocycles. The van der Waals surface area contributed by atoms with Crippen LogP contribution in [0.3, 0.4) is 0 Å². The average molecular weight is 557 g/mol. The SMILES string of the molecule is CCCc1nc2ccc(NC(=O)Nc3ccc(Cl)cc3)cc2c(=O)n1Cc1ccc(-c2cccc(Cl)c2)cc1. The third-order valence-electron chi connectivity index (χ3n) is 6.32. The lowest BCUT2D eigenvalue weighted by atomic mass is 10.0. The van der Waals surface area contributed by atoms with Crippen molar-refractivity contribution in [2.75, 3.05) is 10.6 Å². The number of rotatable bonds is 7. The summed E-state index contributed by atoms with van der Waals surface area (Å²) >= 11 is 12.1. The van der Waals surface area contributed by atoms with Gasteiger partial charge in [0.1, 0.15) is 5.82 Å². The summed E-state index contributed by atoms with van der Waals surface area (Å²) in [6.45, 7) is 2.45. The Morgan fingerprint density at radius 1 is 0.821 bits per heavy atom. The molecule has 0 fully saturated rings. The second-order valence-corrected chi connectivity index (χ2v) is 10.1. The van der Waals surface area contributed by atoms with Crippen LogP contribution < -0.4 is 16.2 Å². The topological polar surface area (TPSA) is 76.0 Å². The van der Waals surface area contributed by atoms with Crippen LogP contribution in [0, 0.1) is 0 Å². The molecule has 0 atom stereocenters. The van der Waals surface area contributed by atoms with Gasteiger partial charge in [-0.05, 0) is 77.7 Å². The fraction of sp³-hybridized carbons (Fsp3) is 0.129. The number of nitrogens with zero attached hydrogens (tertiary/aromatic N) is 2. The molecule has 0 unspecified atom stereocenters. The minimum absolute atomic E-state index is 0.149. The second-order valence-electron chi connectivity index (χ2n) is 9.19. The number of aromatic nitrogens is 2. The van der Waals surface area contributed by atoms with Crippen LogP contribution in [0.2, 0.25) is 10.0 Å². The Morgan fingerprint density at radius 2 is 1.54 bits per heavy atom. The van der Waals surface area contributed by atoms with Crippen LogP contribution in [0.5, 0.6) is 0 Å². The van der Waals surface area contributed by atoms with E-state index in [1.165, 1.54) is 0 Å². The Kier molecular flexibility index (Phi) is 7.96. The van der Waals surface area contributed by atoms with E-state index in [4.69, 9.17) is 28.2 Å². The first-order chi connectivity index (χ1) is 18.9. The lowest BCUT2D eigenvalue weighted by Crippen LogP contribution is -2.26. The number of carbonyl (C=O) groups excluding carboxylic acids is 1. The number of aryl methyl sites for hydroxylation is 1. The van der Waals surface area contributed by atoms with Gasteiger partial charge >= 0.3 is 6.03 Å². The van der Waals surface area contributed by atoms with Crippen molar-refractivity contribution in [1.29, 1.82) is 0 Å². The molecule has 0 spiro atoms. The zero-order valence-corrected chi connectivity index (χ0v) is 22.8. The van der Waals surface area contributed by atoms with Gasteiger partial charge < -0.3 is 10.6 Å². The summed E-state index contributed by atoms with van der Waals surface area (Å²) in [6.07, 6.45) is 1.53. The van der Waals surface area contributed by atoms with Crippen LogP contribution in [0.15, 0.2) is 95.8 Å². The molecule has 0 radical (unpaired) electrons. The highest BCUT2D eigenvalue weighted by Crippen LogP contribution is 2.24. The number of hydrogen-bond acceptors (Lipinski definition) is 3. The summed E-state index contributed by atoms with van der Waals surface area (Å²) in [5, 5.41) is 7.25. The minimum atomic E-state index is -0.424. The van der Waals surface area contributed by atoms with Crippen molar-refractivity contribution in [3.05, 3.63) is 123 Å². The van der Waals surface area contributed by atoms with Crippen LogP contribution >= 0.6 is 23.2 Å². The Labute approximate surface area is 236 Å². The highest BCUT2D eigenvalue weighted by molar-refractivity contribution is 6.31. The normalized spacial score (nSPS) is 10.9. The van der Waals surface area contributed by atoms with E-state index in [0.29, 0.717) is 45.3 Å². The maximum absolute atomic E-state index is 13.7. The highest BCUT2D eigenvalue weighted by Gasteiger charge is 2.13. The number of urea groups is 1. The smallest absolute Gasteiger partial charge is 0.308 e. The van der Waals surface area contributed by atoms with Gasteiger partial charge in [0.2, 0.25) is 0 Å². The van der Waals surface area contributed by atoms with Gasteiger partial charge in [0.05, 0.1) is 17.4 Å². The van der Waals surface area contributed by atoms with Crippen molar-refractivity contribution in [2.45, 2.75) is 26.3 Å². The highest BCUT2D eigenvalue weighted by atomic mass is 35.5. The lowest BCUT2D eigenvalue weighted by molar-refractivity contribution is 0.262. The largest absolute Gasteiger partial charge is 0.323 e. The van der Waals surface area contributed by atoms with Crippen molar-refractivity contribution >= 4 is 51.5 Å². The van der Waals surface area contributed by atoms with E-state index >= 15 is 0 Å². The number of amides is 2. The average Bonchev–Trinajstić information content (AvgIpc) is 2.93. The van der Waals surface area contributed by atoms with Crippen molar-refractivity contribution in [2.24, 2.45) is 0 Å². The molecule has 196 valence electrons. The molecule has 1 heterocycles. The molecular formula is C31H26Cl2N4O2. The van der Waals surface area contributed by atoms with E-state index < -0.39 is 6.03 Å². The Balaban J connectivity index is 1.41. The number of benzene rings is 4. The maximum Gasteiger partial charge on any atom is 0.323 e. The molecule has 4 aromatic carbocycles. The second kappa shape index (κ2) is 11.7. The number of hydrogen-bond donors (Lipinski definition) is 2. The molecular weight excluding hydrogens is 531 g/mol. The zero-order valence-electron chi connectivity index (χ0n) is 21.2. The fourth-order valence-corrected chi connectivity index (χ4v) is 4.72. The monoisotopic (exact) mass is 556 g/mol. The molecule has 5 aromatic rings. The molecule has 0 aliphatic rings. The molecule has 2 amide bonds. The Bertz CT molecular complexity index is 1700. The Hall–Kier alpha value is -4.13. The van der Waals surface area contributed by atoms with Crippen molar-refractivity contribution < 1.29 is 4.79 Å². The summed E-state index contributed by atoms with van der Waals surface area (Å²) in [4.78, 5) is 31.0. The number of anilines is 2. The first-order valence-corrected chi connectivity index (χ1v) is 13.4. The van der Waals surface area contributed by atoms with E-state index in [-0.39, 0.29) is 5.56 Å². The summed E-state index contributed by atoms with van der Waals surface area (Å²) in [5.74, 6) is 0.732. The van der Waals surface area contributed by atoms with E-state index in [1.54, 1.807) is 47.0 Å². The predicted octanol–water partition coefficient (Wildman–Crippen LogP) is 8.02. The quantitative estimate of drug-likeness (QED) is 0.213. The van der Waals surface area contributed by atoms with E-state index in [0.717, 1.165) is 28.9 Å². The van der Waals surface area contributed by atoms with E-state index in [2.05, 4.69) is 17.6 Å². The minimum Gasteiger partial charge on any atom is -0.308 e. The van der Waals surface area contributed by atoms with Crippen molar-refractivity contribution in [3.8, 4) is 11.1 Å². The van der Waals surface area contributed by atoms with Crippen LogP contribution in [-0.4, -0.2) is 15.6 Å². The third kappa shape index (κ3) is 6.30. The molecule has 1 aromatic heterocycles. The molecule has 0 saturated heterocycles. The summed E-state index contributed by atoms with van der Waals surface area (Å²) in [6, 6.07) is 27.4. The van der Waals surface area contributed by atoms with Gasteiger partial charge in [-0.3, -0.25) is 9.36 Å². The summed E-state index contributed by atoms with van der Waals surface area (Å²) < 4.78 is 1.72. The van der Waals surface area contributed by atoms with Crippen LogP contribution in [-0.2, 0) is 13.0 Å². The molecule has 2 N–H and O–H groups in total. The van der Waals surface area contributed by atoms with Crippen LogP contribution in [0.1, 0.15) is 24.7 Å². The van der Waals surface area contributed by atoms with Crippen LogP contribution in [0.25, 0.3) is 22.0 Å².